The molecule has 0 aromatic heterocycles. The molecule has 2 atom stereocenters. The number of hydrogen-bond donors (Lipinski definition) is 1. The molecule has 166 valence electrons. The second-order valence-electron chi connectivity index (χ2n) is 9.18. The molecule has 2 heterocycles. The zero-order valence-corrected chi connectivity index (χ0v) is 18.2. The van der Waals surface area contributed by atoms with Crippen molar-refractivity contribution in [2.45, 2.75) is 62.6 Å². The van der Waals surface area contributed by atoms with Gasteiger partial charge in [-0.1, -0.05) is 37.1 Å². The van der Waals surface area contributed by atoms with Gasteiger partial charge in [0.2, 0.25) is 5.91 Å². The van der Waals surface area contributed by atoms with Crippen LogP contribution >= 0.6 is 0 Å². The first-order valence-electron chi connectivity index (χ1n) is 11.0. The summed E-state index contributed by atoms with van der Waals surface area (Å²) in [7, 11) is -3.16. The van der Waals surface area contributed by atoms with Crippen molar-refractivity contribution in [3.05, 3.63) is 35.4 Å². The molecule has 1 aromatic rings. The number of hydrogen-bond acceptors (Lipinski definition) is 5. The number of nitrogens with zero attached hydrogens (tertiary/aromatic N) is 2. The zero-order chi connectivity index (χ0) is 21.8. The summed E-state index contributed by atoms with van der Waals surface area (Å²) in [6, 6.07) is 6.63. The zero-order valence-electron chi connectivity index (χ0n) is 17.4. The second-order valence-corrected chi connectivity index (χ2v) is 11.4. The fourth-order valence-electron chi connectivity index (χ4n) is 5.83. The topological polar surface area (TPSA) is 104 Å². The van der Waals surface area contributed by atoms with Crippen molar-refractivity contribution in [2.75, 3.05) is 18.1 Å². The van der Waals surface area contributed by atoms with Crippen molar-refractivity contribution in [1.82, 2.24) is 15.1 Å². The van der Waals surface area contributed by atoms with E-state index in [-0.39, 0.29) is 41.9 Å². The molecule has 1 aromatic carbocycles. The monoisotopic (exact) mass is 445 g/mol. The van der Waals surface area contributed by atoms with Gasteiger partial charge in [0.1, 0.15) is 12.1 Å². The summed E-state index contributed by atoms with van der Waals surface area (Å²) in [4.78, 5) is 42.3. The predicted molar refractivity (Wildman–Crippen MR) is 113 cm³/mol. The van der Waals surface area contributed by atoms with Crippen molar-refractivity contribution < 1.29 is 22.8 Å². The molecule has 4 aliphatic rings. The number of aryl methyl sites for hydroxylation is 1. The minimum atomic E-state index is -3.16. The molecule has 5 rings (SSSR count). The molecule has 1 spiro atoms. The van der Waals surface area contributed by atoms with E-state index < -0.39 is 21.4 Å². The molecule has 0 radical (unpaired) electrons. The lowest BCUT2D eigenvalue weighted by molar-refractivity contribution is -0.141. The van der Waals surface area contributed by atoms with Crippen molar-refractivity contribution in [3.63, 3.8) is 0 Å². The summed E-state index contributed by atoms with van der Waals surface area (Å²) in [6.45, 7) is -0.346. The van der Waals surface area contributed by atoms with Crippen molar-refractivity contribution in [1.29, 1.82) is 0 Å². The molecule has 8 nitrogen and oxygen atoms in total. The number of sulfone groups is 1. The molecule has 3 fully saturated rings. The largest absolute Gasteiger partial charge is 0.334 e. The number of carbonyl (C=O) groups is 3. The molecule has 4 amide bonds. The van der Waals surface area contributed by atoms with Crippen LogP contribution in [0.4, 0.5) is 4.79 Å². The Labute approximate surface area is 181 Å². The van der Waals surface area contributed by atoms with E-state index in [1.165, 1.54) is 0 Å². The Hall–Kier alpha value is -2.42. The molecule has 2 saturated heterocycles. The molecular weight excluding hydrogens is 418 g/mol. The molecule has 2 aliphatic heterocycles. The number of carbonyl (C=O) groups excluding carboxylic acids is 3. The van der Waals surface area contributed by atoms with Gasteiger partial charge in [0.15, 0.2) is 9.84 Å². The van der Waals surface area contributed by atoms with Gasteiger partial charge < -0.3 is 10.2 Å². The normalized spacial score (nSPS) is 29.5. The number of benzene rings is 1. The number of amides is 4. The number of rotatable bonds is 4. The summed E-state index contributed by atoms with van der Waals surface area (Å²) in [5.41, 5.74) is 0.744. The fraction of sp³-hybridized carbons (Fsp3) is 0.591. The lowest BCUT2D eigenvalue weighted by Crippen LogP contribution is -2.52. The van der Waals surface area contributed by atoms with E-state index in [1.807, 2.05) is 24.3 Å². The molecule has 1 N–H and O–H groups in total. The third-order valence-electron chi connectivity index (χ3n) is 7.32. The number of fused-ring (bicyclic) bond motifs is 2. The van der Waals surface area contributed by atoms with E-state index in [1.54, 1.807) is 4.90 Å². The summed E-state index contributed by atoms with van der Waals surface area (Å²) in [6.07, 6.45) is 5.25. The minimum absolute atomic E-state index is 0.0206. The van der Waals surface area contributed by atoms with Crippen molar-refractivity contribution >= 4 is 27.7 Å². The summed E-state index contributed by atoms with van der Waals surface area (Å²) in [5.74, 6) is -0.675. The van der Waals surface area contributed by atoms with Crippen molar-refractivity contribution in [2.24, 2.45) is 0 Å². The Morgan fingerprint density at radius 2 is 1.87 bits per heavy atom. The fourth-order valence-corrected chi connectivity index (χ4v) is 7.54. The lowest BCUT2D eigenvalue weighted by Gasteiger charge is -2.35. The third kappa shape index (κ3) is 3.33. The highest BCUT2D eigenvalue weighted by atomic mass is 32.2. The highest BCUT2D eigenvalue weighted by Gasteiger charge is 2.56. The summed E-state index contributed by atoms with van der Waals surface area (Å²) < 4.78 is 24.1. The maximum atomic E-state index is 13.4. The molecule has 31 heavy (non-hydrogen) atoms. The van der Waals surface area contributed by atoms with E-state index in [0.717, 1.165) is 41.7 Å². The molecule has 9 heteroatoms. The van der Waals surface area contributed by atoms with E-state index in [4.69, 9.17) is 0 Å². The van der Waals surface area contributed by atoms with E-state index in [0.29, 0.717) is 19.3 Å². The van der Waals surface area contributed by atoms with E-state index >= 15 is 0 Å². The van der Waals surface area contributed by atoms with Gasteiger partial charge in [-0.15, -0.1) is 0 Å². The SMILES string of the molecule is O=C1NC2(CCc3ccccc32)C(=O)N1CC(=O)N(C1CCCC1)C1CCS(=O)(=O)C1. The van der Waals surface area contributed by atoms with Crippen LogP contribution in [0.1, 0.15) is 49.7 Å². The first-order valence-corrected chi connectivity index (χ1v) is 12.9. The van der Waals surface area contributed by atoms with Crippen molar-refractivity contribution in [3.8, 4) is 0 Å². The van der Waals surface area contributed by atoms with Crippen LogP contribution in [0.2, 0.25) is 0 Å². The molecule has 2 unspecified atom stereocenters. The van der Waals surface area contributed by atoms with E-state index in [9.17, 15) is 22.8 Å². The highest BCUT2D eigenvalue weighted by Crippen LogP contribution is 2.41. The lowest BCUT2D eigenvalue weighted by atomic mass is 9.92. The quantitative estimate of drug-likeness (QED) is 0.705. The number of urea groups is 1. The first-order chi connectivity index (χ1) is 14.8. The van der Waals surface area contributed by atoms with Crippen LogP contribution in [0.5, 0.6) is 0 Å². The third-order valence-corrected chi connectivity index (χ3v) is 9.07. The molecule has 2 aliphatic carbocycles. The Kier molecular flexibility index (Phi) is 4.84. The summed E-state index contributed by atoms with van der Waals surface area (Å²) >= 11 is 0. The molecule has 0 bridgehead atoms. The average molecular weight is 446 g/mol. The van der Waals surface area contributed by atoms with Gasteiger partial charge in [-0.05, 0) is 43.2 Å². The van der Waals surface area contributed by atoms with Crippen LogP contribution in [0.25, 0.3) is 0 Å². The van der Waals surface area contributed by atoms with Crippen LogP contribution in [-0.4, -0.2) is 66.2 Å². The highest BCUT2D eigenvalue weighted by molar-refractivity contribution is 7.91. The van der Waals surface area contributed by atoms with Crippen LogP contribution < -0.4 is 5.32 Å². The van der Waals surface area contributed by atoms with Gasteiger partial charge in [0.25, 0.3) is 5.91 Å². The Morgan fingerprint density at radius 3 is 2.58 bits per heavy atom. The standard InChI is InChI=1S/C22H27N3O5S/c26-19(25(16-6-2-3-7-16)17-10-12-31(29,30)14-17)13-24-20(27)22(23-21(24)28)11-9-15-5-1-4-8-18(15)22/h1,4-5,8,16-17H,2-3,6-7,9-14H2,(H,23,28). The van der Waals surface area contributed by atoms with Gasteiger partial charge in [-0.2, -0.15) is 0 Å². The van der Waals surface area contributed by atoms with Crippen LogP contribution in [0.15, 0.2) is 24.3 Å². The summed E-state index contributed by atoms with van der Waals surface area (Å²) in [5, 5.41) is 2.85. The maximum absolute atomic E-state index is 13.4. The number of nitrogens with one attached hydrogen (secondary N) is 1. The van der Waals surface area contributed by atoms with Crippen LogP contribution in [0.3, 0.4) is 0 Å². The average Bonchev–Trinajstić information content (AvgIpc) is 3.50. The van der Waals surface area contributed by atoms with Gasteiger partial charge >= 0.3 is 6.03 Å². The van der Waals surface area contributed by atoms with Gasteiger partial charge in [-0.25, -0.2) is 13.2 Å². The smallest absolute Gasteiger partial charge is 0.325 e. The molecular formula is C22H27N3O5S. The Bertz CT molecular complexity index is 1050. The second kappa shape index (κ2) is 7.32. The number of imide groups is 1. The van der Waals surface area contributed by atoms with Gasteiger partial charge in [-0.3, -0.25) is 14.5 Å². The van der Waals surface area contributed by atoms with Crippen LogP contribution in [0, 0.1) is 0 Å². The van der Waals surface area contributed by atoms with Gasteiger partial charge in [0, 0.05) is 12.1 Å². The van der Waals surface area contributed by atoms with Gasteiger partial charge in [0.05, 0.1) is 11.5 Å². The predicted octanol–water partition coefficient (Wildman–Crippen LogP) is 1.34. The Balaban J connectivity index is 1.39. The minimum Gasteiger partial charge on any atom is -0.334 e. The Morgan fingerprint density at radius 1 is 1.13 bits per heavy atom. The van der Waals surface area contributed by atoms with E-state index in [2.05, 4.69) is 5.32 Å². The van der Waals surface area contributed by atoms with Crippen LogP contribution in [-0.2, 0) is 31.4 Å². The molecule has 1 saturated carbocycles. The maximum Gasteiger partial charge on any atom is 0.325 e. The first kappa shape index (κ1) is 20.5.